The number of aromatic hydroxyl groups is 1. The van der Waals surface area contributed by atoms with Crippen molar-refractivity contribution in [3.05, 3.63) is 81.8 Å². The molecular formula is C24H28N2O2. The van der Waals surface area contributed by atoms with E-state index in [9.17, 15) is 9.90 Å². The number of phenols is 1. The molecule has 4 nitrogen and oxygen atoms in total. The van der Waals surface area contributed by atoms with Crippen LogP contribution in [0.5, 0.6) is 5.75 Å². The fourth-order valence-electron chi connectivity index (χ4n) is 3.50. The van der Waals surface area contributed by atoms with Crippen LogP contribution < -0.4 is 5.56 Å². The van der Waals surface area contributed by atoms with Crippen molar-refractivity contribution in [1.29, 1.82) is 0 Å². The lowest BCUT2D eigenvalue weighted by Crippen LogP contribution is -2.29. The van der Waals surface area contributed by atoms with E-state index in [1.807, 2.05) is 37.3 Å². The van der Waals surface area contributed by atoms with E-state index in [2.05, 4.69) is 19.1 Å². The molecule has 4 heteroatoms. The Labute approximate surface area is 166 Å². The zero-order chi connectivity index (χ0) is 19.9. The summed E-state index contributed by atoms with van der Waals surface area (Å²) in [6.45, 7) is 4.58. The number of para-hydroxylation sites is 1. The molecule has 0 atom stereocenters. The molecule has 0 aliphatic carbocycles. The van der Waals surface area contributed by atoms with Crippen molar-refractivity contribution < 1.29 is 5.11 Å². The first-order chi connectivity index (χ1) is 13.6. The topological polar surface area (TPSA) is 55.1 Å². The Bertz CT molecular complexity index is 978. The Hall–Kier alpha value is -2.88. The van der Waals surface area contributed by atoms with Gasteiger partial charge in [0, 0.05) is 17.8 Å². The summed E-state index contributed by atoms with van der Waals surface area (Å²) < 4.78 is 1.73. The van der Waals surface area contributed by atoms with Crippen LogP contribution >= 0.6 is 0 Å². The lowest BCUT2D eigenvalue weighted by Gasteiger charge is -2.17. The van der Waals surface area contributed by atoms with Gasteiger partial charge in [-0.25, -0.2) is 4.98 Å². The molecule has 0 bridgehead atoms. The first kappa shape index (κ1) is 19.9. The Balaban J connectivity index is 2.04. The molecule has 1 heterocycles. The van der Waals surface area contributed by atoms with E-state index in [1.165, 1.54) is 5.56 Å². The molecule has 0 unspecified atom stereocenters. The molecule has 0 aliphatic heterocycles. The highest BCUT2D eigenvalue weighted by molar-refractivity contribution is 5.64. The predicted octanol–water partition coefficient (Wildman–Crippen LogP) is 4.90. The Morgan fingerprint density at radius 3 is 2.39 bits per heavy atom. The summed E-state index contributed by atoms with van der Waals surface area (Å²) in [5.74, 6) is 0.678. The number of hydrogen-bond donors (Lipinski definition) is 1. The first-order valence-electron chi connectivity index (χ1n) is 10.0. The predicted molar refractivity (Wildman–Crippen MR) is 114 cm³/mol. The van der Waals surface area contributed by atoms with E-state index >= 15 is 0 Å². The highest BCUT2D eigenvalue weighted by Crippen LogP contribution is 2.27. The summed E-state index contributed by atoms with van der Waals surface area (Å²) in [6.07, 6.45) is 4.69. The maximum atomic E-state index is 13.4. The summed E-state index contributed by atoms with van der Waals surface area (Å²) in [6, 6.07) is 17.2. The number of aromatic nitrogens is 2. The number of phenolic OH excluding ortho intramolecular Hbond substituents is 1. The highest BCUT2D eigenvalue weighted by atomic mass is 16.3. The van der Waals surface area contributed by atoms with Crippen LogP contribution in [-0.4, -0.2) is 14.7 Å². The van der Waals surface area contributed by atoms with Crippen LogP contribution in [0.15, 0.2) is 59.4 Å². The van der Waals surface area contributed by atoms with Gasteiger partial charge in [0.05, 0.1) is 5.56 Å². The standard InChI is InChI=1S/C24H28N2O2/c1-3-4-6-13-20-18(2)25-23(21-14-9-10-15-22(21)27)26(24(20)28)17-16-19-11-7-5-8-12-19/h5,7-12,14-15,27H,3-4,6,13,16-17H2,1-2H3. The minimum Gasteiger partial charge on any atom is -0.507 e. The molecule has 3 rings (SSSR count). The zero-order valence-electron chi connectivity index (χ0n) is 16.7. The molecule has 1 N–H and O–H groups in total. The Kier molecular flexibility index (Phi) is 6.64. The lowest BCUT2D eigenvalue weighted by atomic mass is 10.1. The average molecular weight is 377 g/mol. The van der Waals surface area contributed by atoms with Crippen LogP contribution in [-0.2, 0) is 19.4 Å². The van der Waals surface area contributed by atoms with Gasteiger partial charge in [0.2, 0.25) is 0 Å². The van der Waals surface area contributed by atoms with E-state index in [1.54, 1.807) is 16.7 Å². The summed E-state index contributed by atoms with van der Waals surface area (Å²) in [4.78, 5) is 18.1. The third-order valence-electron chi connectivity index (χ3n) is 5.11. The van der Waals surface area contributed by atoms with Crippen molar-refractivity contribution in [2.24, 2.45) is 0 Å². The van der Waals surface area contributed by atoms with E-state index in [0.717, 1.165) is 43.4 Å². The summed E-state index contributed by atoms with van der Waals surface area (Å²) in [5, 5.41) is 10.3. The number of nitrogens with zero attached hydrogens (tertiary/aromatic N) is 2. The van der Waals surface area contributed by atoms with Crippen LogP contribution in [0.4, 0.5) is 0 Å². The third kappa shape index (κ3) is 4.50. The van der Waals surface area contributed by atoms with Crippen LogP contribution in [0.3, 0.4) is 0 Å². The normalized spacial score (nSPS) is 10.9. The second-order valence-corrected chi connectivity index (χ2v) is 7.17. The molecule has 0 amide bonds. The zero-order valence-corrected chi connectivity index (χ0v) is 16.7. The van der Waals surface area contributed by atoms with Crippen molar-refractivity contribution in [1.82, 2.24) is 9.55 Å². The van der Waals surface area contributed by atoms with Gasteiger partial charge in [-0.1, -0.05) is 62.2 Å². The monoisotopic (exact) mass is 376 g/mol. The maximum Gasteiger partial charge on any atom is 0.257 e. The van der Waals surface area contributed by atoms with Crippen molar-refractivity contribution in [3.8, 4) is 17.1 Å². The number of benzene rings is 2. The number of aryl methyl sites for hydroxylation is 2. The first-order valence-corrected chi connectivity index (χ1v) is 10.0. The third-order valence-corrected chi connectivity index (χ3v) is 5.11. The van der Waals surface area contributed by atoms with Gasteiger partial charge in [-0.3, -0.25) is 9.36 Å². The van der Waals surface area contributed by atoms with Gasteiger partial charge < -0.3 is 5.11 Å². The fourth-order valence-corrected chi connectivity index (χ4v) is 3.50. The summed E-state index contributed by atoms with van der Waals surface area (Å²) in [7, 11) is 0. The smallest absolute Gasteiger partial charge is 0.257 e. The quantitative estimate of drug-likeness (QED) is 0.569. The van der Waals surface area contributed by atoms with Crippen LogP contribution in [0, 0.1) is 6.92 Å². The number of rotatable bonds is 8. The van der Waals surface area contributed by atoms with Crippen molar-refractivity contribution >= 4 is 0 Å². The van der Waals surface area contributed by atoms with Gasteiger partial charge in [-0.05, 0) is 43.9 Å². The van der Waals surface area contributed by atoms with Crippen LogP contribution in [0.25, 0.3) is 11.4 Å². The van der Waals surface area contributed by atoms with Crippen molar-refractivity contribution in [2.45, 2.75) is 52.5 Å². The molecule has 0 saturated heterocycles. The van der Waals surface area contributed by atoms with Gasteiger partial charge in [-0.2, -0.15) is 0 Å². The SMILES string of the molecule is CCCCCc1c(C)nc(-c2ccccc2O)n(CCc2ccccc2)c1=O. The molecule has 0 spiro atoms. The van der Waals surface area contributed by atoms with Crippen LogP contribution in [0.1, 0.15) is 43.0 Å². The van der Waals surface area contributed by atoms with Gasteiger partial charge in [0.15, 0.2) is 0 Å². The molecule has 2 aromatic carbocycles. The second-order valence-electron chi connectivity index (χ2n) is 7.17. The van der Waals surface area contributed by atoms with Crippen molar-refractivity contribution in [2.75, 3.05) is 0 Å². The van der Waals surface area contributed by atoms with Crippen molar-refractivity contribution in [3.63, 3.8) is 0 Å². The Morgan fingerprint density at radius 2 is 1.68 bits per heavy atom. The molecule has 0 radical (unpaired) electrons. The molecule has 0 fully saturated rings. The fraction of sp³-hybridized carbons (Fsp3) is 0.333. The van der Waals surface area contributed by atoms with E-state index < -0.39 is 0 Å². The minimum absolute atomic E-state index is 0.0118. The van der Waals surface area contributed by atoms with E-state index in [0.29, 0.717) is 17.9 Å². The van der Waals surface area contributed by atoms with Gasteiger partial charge >= 0.3 is 0 Å². The molecule has 0 saturated carbocycles. The van der Waals surface area contributed by atoms with E-state index in [-0.39, 0.29) is 11.3 Å². The summed E-state index contributed by atoms with van der Waals surface area (Å²) >= 11 is 0. The van der Waals surface area contributed by atoms with Crippen LogP contribution in [0.2, 0.25) is 0 Å². The molecule has 3 aromatic rings. The summed E-state index contributed by atoms with van der Waals surface area (Å²) in [5.41, 5.74) is 3.33. The number of hydrogen-bond acceptors (Lipinski definition) is 3. The van der Waals surface area contributed by atoms with Gasteiger partial charge in [0.1, 0.15) is 11.6 Å². The lowest BCUT2D eigenvalue weighted by molar-refractivity contribution is 0.476. The van der Waals surface area contributed by atoms with E-state index in [4.69, 9.17) is 4.98 Å². The average Bonchev–Trinajstić information content (AvgIpc) is 2.71. The maximum absolute atomic E-state index is 13.4. The van der Waals surface area contributed by atoms with Gasteiger partial charge in [0.25, 0.3) is 5.56 Å². The highest BCUT2D eigenvalue weighted by Gasteiger charge is 2.17. The minimum atomic E-state index is 0.0118. The molecule has 0 aliphatic rings. The molecular weight excluding hydrogens is 348 g/mol. The Morgan fingerprint density at radius 1 is 0.964 bits per heavy atom. The molecule has 28 heavy (non-hydrogen) atoms. The molecule has 1 aromatic heterocycles. The molecule has 146 valence electrons. The number of unbranched alkanes of at least 4 members (excludes halogenated alkanes) is 2. The largest absolute Gasteiger partial charge is 0.507 e. The second kappa shape index (κ2) is 9.36. The van der Waals surface area contributed by atoms with Gasteiger partial charge in [-0.15, -0.1) is 0 Å².